The normalized spacial score (nSPS) is 13.5. The number of aliphatic hydroxyl groups excluding tert-OH is 1. The Kier molecular flexibility index (Phi) is 6.70. The minimum Gasteiger partial charge on any atom is -0.488 e. The number of halogens is 3. The molecule has 0 aliphatic heterocycles. The third kappa shape index (κ3) is 5.27. The number of rotatable bonds is 7. The van der Waals surface area contributed by atoms with Crippen molar-refractivity contribution in [2.75, 3.05) is 6.61 Å². The molecule has 1 aromatic heterocycles. The number of benzene rings is 3. The summed E-state index contributed by atoms with van der Waals surface area (Å²) in [7, 11) is 0. The molecule has 176 valence electrons. The van der Waals surface area contributed by atoms with Gasteiger partial charge in [0.05, 0.1) is 17.7 Å². The molecule has 9 heteroatoms. The molecule has 0 saturated heterocycles. The fraction of sp³-hybridized carbons (Fsp3) is 0.200. The van der Waals surface area contributed by atoms with Gasteiger partial charge < -0.3 is 15.6 Å². The Bertz CT molecular complexity index is 1260. The van der Waals surface area contributed by atoms with Crippen molar-refractivity contribution in [1.29, 1.82) is 0 Å². The predicted molar refractivity (Wildman–Crippen MR) is 125 cm³/mol. The lowest BCUT2D eigenvalue weighted by Gasteiger charge is -2.17. The number of aromatic nitrogens is 2. The zero-order chi connectivity index (χ0) is 24.3. The first-order valence-electron chi connectivity index (χ1n) is 10.4. The number of ether oxygens (including phenoxy) is 1. The molecule has 1 atom stereocenters. The fourth-order valence-electron chi connectivity index (χ4n) is 3.23. The molecule has 4 rings (SSSR count). The van der Waals surface area contributed by atoms with Crippen LogP contribution < -0.4 is 10.5 Å². The Morgan fingerprint density at radius 1 is 0.912 bits per heavy atom. The summed E-state index contributed by atoms with van der Waals surface area (Å²) < 4.78 is 46.9. The van der Waals surface area contributed by atoms with Crippen LogP contribution in [0.25, 0.3) is 21.7 Å². The first-order valence-corrected chi connectivity index (χ1v) is 11.2. The van der Waals surface area contributed by atoms with Crippen LogP contribution in [0.15, 0.2) is 72.8 Å². The zero-order valence-corrected chi connectivity index (χ0v) is 19.0. The van der Waals surface area contributed by atoms with Crippen LogP contribution in [-0.4, -0.2) is 21.9 Å². The first kappa shape index (κ1) is 23.9. The highest BCUT2D eigenvalue weighted by Gasteiger charge is 2.35. The van der Waals surface area contributed by atoms with Gasteiger partial charge in [-0.3, -0.25) is 0 Å². The van der Waals surface area contributed by atoms with Gasteiger partial charge in [-0.15, -0.1) is 10.2 Å². The van der Waals surface area contributed by atoms with E-state index in [0.29, 0.717) is 5.01 Å². The van der Waals surface area contributed by atoms with Gasteiger partial charge in [-0.1, -0.05) is 65.9 Å². The van der Waals surface area contributed by atoms with E-state index in [1.165, 1.54) is 12.1 Å². The van der Waals surface area contributed by atoms with Crippen LogP contribution in [0.2, 0.25) is 0 Å². The van der Waals surface area contributed by atoms with Crippen LogP contribution in [0.3, 0.4) is 0 Å². The number of aliphatic hydroxyl groups is 1. The second-order valence-electron chi connectivity index (χ2n) is 8.05. The predicted octanol–water partition coefficient (Wildman–Crippen LogP) is 5.64. The Hall–Kier alpha value is -3.27. The molecule has 3 aromatic carbocycles. The van der Waals surface area contributed by atoms with Crippen molar-refractivity contribution in [2.45, 2.75) is 25.2 Å². The van der Waals surface area contributed by atoms with Crippen molar-refractivity contribution in [1.82, 2.24) is 10.2 Å². The lowest BCUT2D eigenvalue weighted by atomic mass is 10.0. The van der Waals surface area contributed by atoms with E-state index in [0.717, 1.165) is 34.1 Å². The van der Waals surface area contributed by atoms with E-state index in [1.54, 1.807) is 6.92 Å². The molecule has 1 heterocycles. The lowest BCUT2D eigenvalue weighted by molar-refractivity contribution is -0.139. The highest BCUT2D eigenvalue weighted by molar-refractivity contribution is 7.14. The molecule has 0 spiro atoms. The molecule has 4 aromatic rings. The molecule has 0 aliphatic carbocycles. The van der Waals surface area contributed by atoms with Gasteiger partial charge in [0.1, 0.15) is 22.4 Å². The second-order valence-corrected chi connectivity index (χ2v) is 9.03. The average Bonchev–Trinajstić information content (AvgIpc) is 3.34. The molecule has 3 N–H and O–H groups in total. The van der Waals surface area contributed by atoms with E-state index >= 15 is 0 Å². The highest BCUT2D eigenvalue weighted by Crippen LogP contribution is 2.40. The molecular weight excluding hydrogens is 463 g/mol. The van der Waals surface area contributed by atoms with Gasteiger partial charge >= 0.3 is 6.18 Å². The molecule has 34 heavy (non-hydrogen) atoms. The molecule has 0 fully saturated rings. The van der Waals surface area contributed by atoms with E-state index in [1.807, 2.05) is 54.6 Å². The van der Waals surface area contributed by atoms with Crippen LogP contribution in [0.1, 0.15) is 23.1 Å². The van der Waals surface area contributed by atoms with E-state index < -0.39 is 17.3 Å². The van der Waals surface area contributed by atoms with Crippen LogP contribution in [0.5, 0.6) is 5.75 Å². The summed E-state index contributed by atoms with van der Waals surface area (Å²) in [4.78, 5) is 0. The van der Waals surface area contributed by atoms with E-state index in [4.69, 9.17) is 10.5 Å². The molecule has 0 aliphatic rings. The summed E-state index contributed by atoms with van der Waals surface area (Å²) in [5, 5.41) is 17.9. The van der Waals surface area contributed by atoms with Gasteiger partial charge in [-0.05, 0) is 41.8 Å². The Morgan fingerprint density at radius 3 is 2.21 bits per heavy atom. The molecule has 0 bridgehead atoms. The standard InChI is InChI=1S/C25H22F3N3O2S/c1-24(29,15-32)23-31-30-22(34-23)19-11-12-21(20(13-19)25(26,27)28)33-14-16-7-9-18(10-8-16)17-5-3-2-4-6-17/h2-13,32H,14-15,29H2,1H3/t24-/m0/s1. The van der Waals surface area contributed by atoms with Gasteiger partial charge in [0.25, 0.3) is 0 Å². The van der Waals surface area contributed by atoms with E-state index in [9.17, 15) is 18.3 Å². The van der Waals surface area contributed by atoms with Crippen LogP contribution in [0, 0.1) is 0 Å². The summed E-state index contributed by atoms with van der Waals surface area (Å²) in [6, 6.07) is 21.0. The first-order chi connectivity index (χ1) is 16.2. The van der Waals surface area contributed by atoms with E-state index in [2.05, 4.69) is 10.2 Å². The smallest absolute Gasteiger partial charge is 0.419 e. The van der Waals surface area contributed by atoms with Crippen molar-refractivity contribution >= 4 is 11.3 Å². The Morgan fingerprint density at radius 2 is 1.56 bits per heavy atom. The summed E-state index contributed by atoms with van der Waals surface area (Å²) in [5.74, 6) is -0.271. The van der Waals surface area contributed by atoms with Crippen LogP contribution >= 0.6 is 11.3 Å². The number of hydrogen-bond acceptors (Lipinski definition) is 6. The topological polar surface area (TPSA) is 81.3 Å². The van der Waals surface area contributed by atoms with Crippen molar-refractivity contribution in [3.8, 4) is 27.4 Å². The SMILES string of the molecule is C[C@](N)(CO)c1nnc(-c2ccc(OCc3ccc(-c4ccccc4)cc3)c(C(F)(F)F)c2)s1. The van der Waals surface area contributed by atoms with Crippen molar-refractivity contribution in [3.05, 3.63) is 88.9 Å². The zero-order valence-electron chi connectivity index (χ0n) is 18.2. The van der Waals surface area contributed by atoms with Gasteiger partial charge in [0.15, 0.2) is 0 Å². The van der Waals surface area contributed by atoms with Crippen LogP contribution in [0.4, 0.5) is 13.2 Å². The molecular formula is C25H22F3N3O2S. The molecule has 0 amide bonds. The van der Waals surface area contributed by atoms with Crippen molar-refractivity contribution in [3.63, 3.8) is 0 Å². The number of hydrogen-bond donors (Lipinski definition) is 2. The average molecular weight is 486 g/mol. The van der Waals surface area contributed by atoms with Gasteiger partial charge in [0.2, 0.25) is 0 Å². The quantitative estimate of drug-likeness (QED) is 0.354. The van der Waals surface area contributed by atoms with Gasteiger partial charge in [-0.2, -0.15) is 13.2 Å². The molecule has 0 unspecified atom stereocenters. The summed E-state index contributed by atoms with van der Waals surface area (Å²) in [6.45, 7) is 1.19. The monoisotopic (exact) mass is 485 g/mol. The van der Waals surface area contributed by atoms with E-state index in [-0.39, 0.29) is 29.5 Å². The molecule has 0 radical (unpaired) electrons. The summed E-state index contributed by atoms with van der Waals surface area (Å²) in [6.07, 6.45) is -4.62. The fourth-order valence-corrected chi connectivity index (χ4v) is 4.12. The maximum absolute atomic E-state index is 13.8. The lowest BCUT2D eigenvalue weighted by Crippen LogP contribution is -2.36. The summed E-state index contributed by atoms with van der Waals surface area (Å²) >= 11 is 1.04. The molecule has 5 nitrogen and oxygen atoms in total. The third-order valence-corrected chi connectivity index (χ3v) is 6.48. The summed E-state index contributed by atoms with van der Waals surface area (Å²) in [5.41, 5.74) is 6.97. The Labute approximate surface area is 198 Å². The van der Waals surface area contributed by atoms with Crippen LogP contribution in [-0.2, 0) is 18.3 Å². The minimum atomic E-state index is -4.62. The van der Waals surface area contributed by atoms with Gasteiger partial charge in [0, 0.05) is 5.56 Å². The minimum absolute atomic E-state index is 0.0114. The second kappa shape index (κ2) is 9.54. The largest absolute Gasteiger partial charge is 0.488 e. The number of nitrogens with zero attached hydrogens (tertiary/aromatic N) is 2. The number of nitrogens with two attached hydrogens (primary N) is 1. The maximum atomic E-state index is 13.8. The third-order valence-electron chi connectivity index (χ3n) is 5.23. The number of alkyl halides is 3. The van der Waals surface area contributed by atoms with Crippen molar-refractivity contribution in [2.24, 2.45) is 5.73 Å². The highest BCUT2D eigenvalue weighted by atomic mass is 32.1. The van der Waals surface area contributed by atoms with Gasteiger partial charge in [-0.25, -0.2) is 0 Å². The van der Waals surface area contributed by atoms with Crippen molar-refractivity contribution < 1.29 is 23.0 Å². The Balaban J connectivity index is 1.54. The maximum Gasteiger partial charge on any atom is 0.419 e. The molecule has 0 saturated carbocycles.